The van der Waals surface area contributed by atoms with Crippen LogP contribution in [-0.4, -0.2) is 42.3 Å². The normalized spacial score (nSPS) is 13.1. The highest BCUT2D eigenvalue weighted by molar-refractivity contribution is 7.08. The maximum atomic E-state index is 12.2. The molecule has 1 aliphatic carbocycles. The smallest absolute Gasteiger partial charge is 0.252 e. The second-order valence-corrected chi connectivity index (χ2v) is 7.49. The van der Waals surface area contributed by atoms with E-state index in [0.717, 1.165) is 18.4 Å². The van der Waals surface area contributed by atoms with E-state index in [4.69, 9.17) is 0 Å². The molecule has 0 atom stereocenters. The second kappa shape index (κ2) is 8.81. The van der Waals surface area contributed by atoms with Gasteiger partial charge in [0.05, 0.1) is 0 Å². The van der Waals surface area contributed by atoms with Crippen molar-refractivity contribution >= 4 is 29.1 Å². The average molecular weight is 385 g/mol. The number of amides is 3. The van der Waals surface area contributed by atoms with E-state index in [1.165, 1.54) is 11.3 Å². The fraction of sp³-hybridized carbons (Fsp3) is 0.350. The largest absolute Gasteiger partial charge is 0.351 e. The van der Waals surface area contributed by atoms with Crippen LogP contribution in [0.4, 0.5) is 0 Å². The van der Waals surface area contributed by atoms with Gasteiger partial charge in [0.15, 0.2) is 0 Å². The van der Waals surface area contributed by atoms with Crippen molar-refractivity contribution in [1.29, 1.82) is 0 Å². The average Bonchev–Trinajstić information content (AvgIpc) is 3.30. The number of hydrogen-bond donors (Lipinski definition) is 2. The molecule has 0 spiro atoms. The highest BCUT2D eigenvalue weighted by Gasteiger charge is 2.23. The lowest BCUT2D eigenvalue weighted by Crippen LogP contribution is -2.31. The number of hydrogen-bond acceptors (Lipinski definition) is 4. The summed E-state index contributed by atoms with van der Waals surface area (Å²) in [7, 11) is 1.73. The Hall–Kier alpha value is -2.67. The molecule has 1 aromatic carbocycles. The van der Waals surface area contributed by atoms with Crippen molar-refractivity contribution in [3.8, 4) is 0 Å². The van der Waals surface area contributed by atoms with E-state index in [-0.39, 0.29) is 24.1 Å². The van der Waals surface area contributed by atoms with Crippen molar-refractivity contribution in [3.05, 3.63) is 57.8 Å². The summed E-state index contributed by atoms with van der Waals surface area (Å²) in [5, 5.41) is 9.32. The van der Waals surface area contributed by atoms with Gasteiger partial charge in [-0.2, -0.15) is 11.3 Å². The third kappa shape index (κ3) is 5.65. The molecule has 7 heteroatoms. The Labute approximate surface area is 162 Å². The Morgan fingerprint density at radius 1 is 1.07 bits per heavy atom. The minimum absolute atomic E-state index is 0.0452. The molecule has 3 amide bonds. The Balaban J connectivity index is 1.42. The number of thiophene rings is 1. The van der Waals surface area contributed by atoms with Gasteiger partial charge in [0.2, 0.25) is 5.91 Å². The minimum Gasteiger partial charge on any atom is -0.351 e. The van der Waals surface area contributed by atoms with Gasteiger partial charge >= 0.3 is 0 Å². The lowest BCUT2D eigenvalue weighted by molar-refractivity contribution is -0.130. The van der Waals surface area contributed by atoms with Gasteiger partial charge in [0.25, 0.3) is 11.8 Å². The molecule has 0 unspecified atom stereocenters. The molecule has 1 fully saturated rings. The number of nitrogens with zero attached hydrogens (tertiary/aromatic N) is 1. The molecule has 0 saturated heterocycles. The summed E-state index contributed by atoms with van der Waals surface area (Å²) in [6.07, 6.45) is 2.36. The minimum atomic E-state index is -0.160. The van der Waals surface area contributed by atoms with Crippen LogP contribution in [0, 0.1) is 0 Å². The molecule has 1 aliphatic rings. The predicted octanol–water partition coefficient (Wildman–Crippen LogP) is 2.42. The van der Waals surface area contributed by atoms with E-state index >= 15 is 0 Å². The Morgan fingerprint density at radius 3 is 2.44 bits per heavy atom. The Bertz CT molecular complexity index is 798. The van der Waals surface area contributed by atoms with Gasteiger partial charge in [-0.25, -0.2) is 0 Å². The first kappa shape index (κ1) is 19.1. The maximum absolute atomic E-state index is 12.2. The van der Waals surface area contributed by atoms with Crippen LogP contribution in [0.5, 0.6) is 0 Å². The van der Waals surface area contributed by atoms with Crippen LogP contribution >= 0.6 is 11.3 Å². The summed E-state index contributed by atoms with van der Waals surface area (Å²) < 4.78 is 0. The molecule has 2 aromatic rings. The summed E-state index contributed by atoms with van der Waals surface area (Å²) in [5.41, 5.74) is 2.21. The van der Waals surface area contributed by atoms with Gasteiger partial charge in [-0.15, -0.1) is 0 Å². The fourth-order valence-electron chi connectivity index (χ4n) is 2.59. The Morgan fingerprint density at radius 2 is 1.81 bits per heavy atom. The van der Waals surface area contributed by atoms with Crippen LogP contribution in [0.2, 0.25) is 0 Å². The summed E-state index contributed by atoms with van der Waals surface area (Å²) in [5.74, 6) is -0.252. The lowest BCUT2D eigenvalue weighted by Gasteiger charge is -2.17. The van der Waals surface area contributed by atoms with Crippen molar-refractivity contribution in [3.63, 3.8) is 0 Å². The quantitative estimate of drug-likeness (QED) is 0.732. The van der Waals surface area contributed by atoms with Crippen LogP contribution in [0.1, 0.15) is 45.5 Å². The number of benzene rings is 1. The van der Waals surface area contributed by atoms with Crippen LogP contribution in [0.15, 0.2) is 41.1 Å². The summed E-state index contributed by atoms with van der Waals surface area (Å²) in [6.45, 7) is 0.764. The van der Waals surface area contributed by atoms with Gasteiger partial charge in [0.1, 0.15) is 0 Å². The number of carbonyl (C=O) groups is 3. The van der Waals surface area contributed by atoms with Crippen LogP contribution in [-0.2, 0) is 11.3 Å². The van der Waals surface area contributed by atoms with E-state index in [2.05, 4.69) is 10.6 Å². The molecule has 6 nitrogen and oxygen atoms in total. The van der Waals surface area contributed by atoms with Gasteiger partial charge in [-0.3, -0.25) is 14.4 Å². The molecular weight excluding hydrogens is 362 g/mol. The molecule has 3 rings (SSSR count). The monoisotopic (exact) mass is 385 g/mol. The van der Waals surface area contributed by atoms with Gasteiger partial charge in [-0.05, 0) is 42.0 Å². The van der Waals surface area contributed by atoms with Crippen molar-refractivity contribution in [2.24, 2.45) is 0 Å². The standard InChI is InChI=1S/C20H23N3O3S/c1-23(18(24)8-10-21-19(25)16-9-11-27-13-16)12-14-2-4-15(5-3-14)20(26)22-17-6-7-17/h2-5,9,11,13,17H,6-8,10,12H2,1H3,(H,21,25)(H,22,26). The SMILES string of the molecule is CN(Cc1ccc(C(=O)NC2CC2)cc1)C(=O)CCNC(=O)c1ccsc1. The zero-order valence-corrected chi connectivity index (χ0v) is 16.1. The lowest BCUT2D eigenvalue weighted by atomic mass is 10.1. The molecular formula is C20H23N3O3S. The predicted molar refractivity (Wildman–Crippen MR) is 105 cm³/mol. The molecule has 2 N–H and O–H groups in total. The highest BCUT2D eigenvalue weighted by Crippen LogP contribution is 2.19. The zero-order chi connectivity index (χ0) is 19.2. The van der Waals surface area contributed by atoms with Crippen LogP contribution < -0.4 is 10.6 Å². The van der Waals surface area contributed by atoms with Crippen molar-refractivity contribution in [2.45, 2.75) is 31.8 Å². The number of rotatable bonds is 8. The van der Waals surface area contributed by atoms with Crippen molar-refractivity contribution < 1.29 is 14.4 Å². The molecule has 1 heterocycles. The molecule has 0 bridgehead atoms. The van der Waals surface area contributed by atoms with E-state index < -0.39 is 0 Å². The zero-order valence-electron chi connectivity index (χ0n) is 15.2. The first-order valence-corrected chi connectivity index (χ1v) is 9.91. The van der Waals surface area contributed by atoms with E-state index in [1.54, 1.807) is 35.5 Å². The maximum Gasteiger partial charge on any atom is 0.252 e. The Kier molecular flexibility index (Phi) is 6.24. The summed E-state index contributed by atoms with van der Waals surface area (Å²) >= 11 is 1.46. The molecule has 27 heavy (non-hydrogen) atoms. The molecule has 0 radical (unpaired) electrons. The van der Waals surface area contributed by atoms with E-state index in [9.17, 15) is 14.4 Å². The van der Waals surface area contributed by atoms with Gasteiger partial charge < -0.3 is 15.5 Å². The number of nitrogens with one attached hydrogen (secondary N) is 2. The summed E-state index contributed by atoms with van der Waals surface area (Å²) in [6, 6.07) is 9.39. The molecule has 1 saturated carbocycles. The molecule has 142 valence electrons. The first-order valence-electron chi connectivity index (χ1n) is 8.97. The highest BCUT2D eigenvalue weighted by atomic mass is 32.1. The second-order valence-electron chi connectivity index (χ2n) is 6.71. The topological polar surface area (TPSA) is 78.5 Å². The molecule has 1 aromatic heterocycles. The first-order chi connectivity index (χ1) is 13.0. The van der Waals surface area contributed by atoms with E-state index in [1.807, 2.05) is 17.5 Å². The summed E-state index contributed by atoms with van der Waals surface area (Å²) in [4.78, 5) is 37.7. The van der Waals surface area contributed by atoms with Gasteiger partial charge in [0, 0.05) is 49.1 Å². The third-order valence-electron chi connectivity index (χ3n) is 4.38. The van der Waals surface area contributed by atoms with Crippen molar-refractivity contribution in [2.75, 3.05) is 13.6 Å². The van der Waals surface area contributed by atoms with Gasteiger partial charge in [-0.1, -0.05) is 12.1 Å². The molecule has 0 aliphatic heterocycles. The van der Waals surface area contributed by atoms with Crippen molar-refractivity contribution in [1.82, 2.24) is 15.5 Å². The number of carbonyl (C=O) groups excluding carboxylic acids is 3. The fourth-order valence-corrected chi connectivity index (χ4v) is 3.23. The van der Waals surface area contributed by atoms with E-state index in [0.29, 0.717) is 30.3 Å². The van der Waals surface area contributed by atoms with Crippen LogP contribution in [0.25, 0.3) is 0 Å². The third-order valence-corrected chi connectivity index (χ3v) is 5.07. The van der Waals surface area contributed by atoms with Crippen LogP contribution in [0.3, 0.4) is 0 Å².